The highest BCUT2D eigenvalue weighted by Gasteiger charge is 2.13. The third-order valence-corrected chi connectivity index (χ3v) is 3.09. The van der Waals surface area contributed by atoms with E-state index in [1.165, 1.54) is 0 Å². The maximum atomic E-state index is 13.4. The van der Waals surface area contributed by atoms with Crippen LogP contribution in [0.2, 0.25) is 0 Å². The first-order valence-electron chi connectivity index (χ1n) is 4.44. The first kappa shape index (κ1) is 11.5. The van der Waals surface area contributed by atoms with E-state index < -0.39 is 5.82 Å². The molecule has 0 saturated carbocycles. The summed E-state index contributed by atoms with van der Waals surface area (Å²) in [4.78, 5) is 0. The molecule has 0 bridgehead atoms. The lowest BCUT2D eigenvalue weighted by molar-refractivity contribution is 0.424. The highest BCUT2D eigenvalue weighted by atomic mass is 79.9. The van der Waals surface area contributed by atoms with Crippen LogP contribution in [0.4, 0.5) is 4.39 Å². The Kier molecular flexibility index (Phi) is 3.89. The molecule has 0 spiro atoms. The molecule has 0 amide bonds. The van der Waals surface area contributed by atoms with Gasteiger partial charge in [-0.3, -0.25) is 0 Å². The second-order valence-corrected chi connectivity index (χ2v) is 4.01. The molecule has 0 saturated heterocycles. The number of halogens is 2. The van der Waals surface area contributed by atoms with Crippen molar-refractivity contribution in [2.75, 3.05) is 6.54 Å². The van der Waals surface area contributed by atoms with E-state index in [4.69, 9.17) is 5.73 Å². The summed E-state index contributed by atoms with van der Waals surface area (Å²) in [5.41, 5.74) is 6.69. The fourth-order valence-electron chi connectivity index (χ4n) is 1.30. The van der Waals surface area contributed by atoms with E-state index in [1.807, 2.05) is 6.92 Å². The van der Waals surface area contributed by atoms with Crippen LogP contribution >= 0.6 is 15.9 Å². The summed E-state index contributed by atoms with van der Waals surface area (Å²) in [5, 5.41) is 9.41. The third kappa shape index (κ3) is 2.25. The van der Waals surface area contributed by atoms with Gasteiger partial charge in [0.2, 0.25) is 0 Å². The second kappa shape index (κ2) is 4.75. The molecular formula is C10H13BrFNO. The van der Waals surface area contributed by atoms with Gasteiger partial charge in [-0.2, -0.15) is 0 Å². The van der Waals surface area contributed by atoms with E-state index in [9.17, 15) is 9.50 Å². The number of hydrogen-bond donors (Lipinski definition) is 2. The van der Waals surface area contributed by atoms with Crippen LogP contribution in [0.5, 0.6) is 5.75 Å². The first-order chi connectivity index (χ1) is 6.57. The van der Waals surface area contributed by atoms with E-state index >= 15 is 0 Å². The molecule has 0 atom stereocenters. The molecular weight excluding hydrogens is 249 g/mol. The summed E-state index contributed by atoms with van der Waals surface area (Å²) in [6.07, 6.45) is 1.28. The molecule has 0 unspecified atom stereocenters. The maximum Gasteiger partial charge on any atom is 0.169 e. The Bertz CT molecular complexity index is 341. The van der Waals surface area contributed by atoms with Gasteiger partial charge in [-0.15, -0.1) is 0 Å². The standard InChI is InChI=1S/C10H13BrFNO/c1-6-5-7(3-2-4-13)9(12)10(14)8(6)11/h5,14H,2-4,13H2,1H3. The van der Waals surface area contributed by atoms with Crippen molar-refractivity contribution >= 4 is 15.9 Å². The number of aryl methyl sites for hydroxylation is 2. The van der Waals surface area contributed by atoms with Crippen molar-refractivity contribution in [2.24, 2.45) is 5.73 Å². The quantitative estimate of drug-likeness (QED) is 0.879. The largest absolute Gasteiger partial charge is 0.504 e. The summed E-state index contributed by atoms with van der Waals surface area (Å²) in [6.45, 7) is 2.34. The van der Waals surface area contributed by atoms with Crippen LogP contribution in [0.1, 0.15) is 17.5 Å². The highest BCUT2D eigenvalue weighted by Crippen LogP contribution is 2.32. The van der Waals surface area contributed by atoms with Crippen molar-refractivity contribution in [2.45, 2.75) is 19.8 Å². The van der Waals surface area contributed by atoms with Gasteiger partial charge < -0.3 is 10.8 Å². The van der Waals surface area contributed by atoms with Crippen LogP contribution in [-0.4, -0.2) is 11.7 Å². The highest BCUT2D eigenvalue weighted by molar-refractivity contribution is 9.10. The fourth-order valence-corrected chi connectivity index (χ4v) is 1.59. The molecule has 1 aromatic carbocycles. The number of benzene rings is 1. The lowest BCUT2D eigenvalue weighted by Crippen LogP contribution is -2.02. The molecule has 0 fully saturated rings. The number of aromatic hydroxyl groups is 1. The second-order valence-electron chi connectivity index (χ2n) is 3.22. The molecule has 0 aliphatic rings. The topological polar surface area (TPSA) is 46.2 Å². The van der Waals surface area contributed by atoms with Crippen molar-refractivity contribution in [3.05, 3.63) is 27.5 Å². The fraction of sp³-hybridized carbons (Fsp3) is 0.400. The lowest BCUT2D eigenvalue weighted by Gasteiger charge is -2.08. The zero-order chi connectivity index (χ0) is 10.7. The number of phenols is 1. The van der Waals surface area contributed by atoms with Crippen LogP contribution in [0.3, 0.4) is 0 Å². The molecule has 0 aliphatic heterocycles. The molecule has 78 valence electrons. The van der Waals surface area contributed by atoms with Crippen molar-refractivity contribution in [1.82, 2.24) is 0 Å². The van der Waals surface area contributed by atoms with Crippen LogP contribution in [0, 0.1) is 12.7 Å². The minimum Gasteiger partial charge on any atom is -0.504 e. The predicted molar refractivity (Wildman–Crippen MR) is 57.9 cm³/mol. The maximum absolute atomic E-state index is 13.4. The summed E-state index contributed by atoms with van der Waals surface area (Å²) in [6, 6.07) is 1.73. The van der Waals surface area contributed by atoms with Crippen molar-refractivity contribution in [3.8, 4) is 5.75 Å². The molecule has 3 N–H and O–H groups in total. The average molecular weight is 262 g/mol. The molecule has 2 nitrogen and oxygen atoms in total. The first-order valence-corrected chi connectivity index (χ1v) is 5.23. The molecule has 0 heterocycles. The third-order valence-electron chi connectivity index (χ3n) is 2.08. The Hall–Kier alpha value is -0.610. The summed E-state index contributed by atoms with van der Waals surface area (Å²) in [7, 11) is 0. The van der Waals surface area contributed by atoms with Crippen molar-refractivity contribution in [1.29, 1.82) is 0 Å². The van der Waals surface area contributed by atoms with Gasteiger partial charge in [0.1, 0.15) is 0 Å². The zero-order valence-corrected chi connectivity index (χ0v) is 9.57. The van der Waals surface area contributed by atoms with Crippen molar-refractivity contribution < 1.29 is 9.50 Å². The zero-order valence-electron chi connectivity index (χ0n) is 7.98. The molecule has 14 heavy (non-hydrogen) atoms. The molecule has 4 heteroatoms. The lowest BCUT2D eigenvalue weighted by atomic mass is 10.1. The van der Waals surface area contributed by atoms with Crippen LogP contribution in [-0.2, 0) is 6.42 Å². The monoisotopic (exact) mass is 261 g/mol. The van der Waals surface area contributed by atoms with E-state index in [1.54, 1.807) is 6.07 Å². The van der Waals surface area contributed by atoms with E-state index in [0.29, 0.717) is 23.0 Å². The Morgan fingerprint density at radius 2 is 2.21 bits per heavy atom. The Labute approximate surface area is 91.1 Å². The van der Waals surface area contributed by atoms with Gasteiger partial charge in [-0.1, -0.05) is 6.07 Å². The Balaban J connectivity index is 3.06. The molecule has 0 aromatic heterocycles. The van der Waals surface area contributed by atoms with Gasteiger partial charge in [0.25, 0.3) is 0 Å². The summed E-state index contributed by atoms with van der Waals surface area (Å²) in [5.74, 6) is -0.854. The Morgan fingerprint density at radius 1 is 1.57 bits per heavy atom. The molecule has 0 radical (unpaired) electrons. The van der Waals surface area contributed by atoms with E-state index in [-0.39, 0.29) is 5.75 Å². The summed E-state index contributed by atoms with van der Waals surface area (Å²) >= 11 is 3.12. The average Bonchev–Trinajstić information content (AvgIpc) is 2.18. The number of hydrogen-bond acceptors (Lipinski definition) is 2. The molecule has 0 aliphatic carbocycles. The summed E-state index contributed by atoms with van der Waals surface area (Å²) < 4.78 is 13.9. The van der Waals surface area contributed by atoms with Gasteiger partial charge >= 0.3 is 0 Å². The van der Waals surface area contributed by atoms with E-state index in [0.717, 1.165) is 12.0 Å². The minimum atomic E-state index is -0.545. The SMILES string of the molecule is Cc1cc(CCCN)c(F)c(O)c1Br. The Morgan fingerprint density at radius 3 is 2.79 bits per heavy atom. The number of nitrogens with two attached hydrogens (primary N) is 1. The van der Waals surface area contributed by atoms with Gasteiger partial charge in [-0.25, -0.2) is 4.39 Å². The number of phenolic OH excluding ortho intramolecular Hbond substituents is 1. The number of rotatable bonds is 3. The minimum absolute atomic E-state index is 0.308. The van der Waals surface area contributed by atoms with E-state index in [2.05, 4.69) is 15.9 Å². The van der Waals surface area contributed by atoms with Crippen LogP contribution in [0.25, 0.3) is 0 Å². The molecule has 1 rings (SSSR count). The van der Waals surface area contributed by atoms with Crippen molar-refractivity contribution in [3.63, 3.8) is 0 Å². The van der Waals surface area contributed by atoms with Crippen LogP contribution in [0.15, 0.2) is 10.5 Å². The normalized spacial score (nSPS) is 10.6. The molecule has 1 aromatic rings. The smallest absolute Gasteiger partial charge is 0.169 e. The van der Waals surface area contributed by atoms with Gasteiger partial charge in [0.05, 0.1) is 4.47 Å². The van der Waals surface area contributed by atoms with Gasteiger partial charge in [-0.05, 0) is 53.4 Å². The van der Waals surface area contributed by atoms with Crippen LogP contribution < -0.4 is 5.73 Å². The van der Waals surface area contributed by atoms with Gasteiger partial charge in [0, 0.05) is 0 Å². The van der Waals surface area contributed by atoms with Gasteiger partial charge in [0.15, 0.2) is 11.6 Å². The predicted octanol–water partition coefficient (Wildman–Crippen LogP) is 2.49.